The number of benzene rings is 2. The molecule has 172 valence electrons. The largest absolute Gasteiger partial charge is 0.461 e. The van der Waals surface area contributed by atoms with Crippen LogP contribution in [-0.4, -0.2) is 31.5 Å². The minimum absolute atomic E-state index is 0.0512. The maximum Gasteiger partial charge on any atom is 0.356 e. The molecule has 0 unspecified atom stereocenters. The molecule has 5 rings (SSSR count). The molecule has 7 nitrogen and oxygen atoms in total. The number of aromatic nitrogens is 4. The van der Waals surface area contributed by atoms with Crippen molar-refractivity contribution in [2.45, 2.75) is 6.92 Å². The van der Waals surface area contributed by atoms with E-state index in [-0.39, 0.29) is 5.56 Å². The number of hydrogen-bond donors (Lipinski definition) is 0. The summed E-state index contributed by atoms with van der Waals surface area (Å²) < 4.78 is 11.4. The minimum atomic E-state index is -0.399. The zero-order valence-corrected chi connectivity index (χ0v) is 20.9. The number of carbonyl (C=O) groups is 1. The number of nitrogens with zero attached hydrogens (tertiary/aromatic N) is 4. The van der Waals surface area contributed by atoms with Gasteiger partial charge in [0.25, 0.3) is 5.56 Å². The van der Waals surface area contributed by atoms with Crippen LogP contribution >= 0.6 is 15.9 Å². The monoisotopic (exact) mass is 518 g/mol. The van der Waals surface area contributed by atoms with Crippen LogP contribution in [0.5, 0.6) is 0 Å². The Morgan fingerprint density at radius 3 is 2.35 bits per heavy atom. The van der Waals surface area contributed by atoms with Crippen molar-refractivity contribution in [3.05, 3.63) is 75.1 Å². The summed E-state index contributed by atoms with van der Waals surface area (Å²) in [7, 11) is 5.49. The average molecular weight is 519 g/mol. The van der Waals surface area contributed by atoms with Crippen molar-refractivity contribution >= 4 is 43.8 Å². The number of aryl methyl sites for hydroxylation is 3. The number of halogens is 1. The molecular formula is C26H23BrN4O3. The van der Waals surface area contributed by atoms with Gasteiger partial charge in [-0.15, -0.1) is 0 Å². The van der Waals surface area contributed by atoms with Crippen LogP contribution in [-0.2, 0) is 25.9 Å². The van der Waals surface area contributed by atoms with Crippen LogP contribution in [0.1, 0.15) is 17.4 Å². The molecule has 0 fully saturated rings. The topological polar surface area (TPSA) is 71.1 Å². The summed E-state index contributed by atoms with van der Waals surface area (Å²) >= 11 is 3.46. The van der Waals surface area contributed by atoms with Gasteiger partial charge in [0.05, 0.1) is 17.8 Å². The van der Waals surface area contributed by atoms with Gasteiger partial charge in [-0.05, 0) is 48.9 Å². The van der Waals surface area contributed by atoms with Crippen molar-refractivity contribution in [3.8, 4) is 22.4 Å². The van der Waals surface area contributed by atoms with Gasteiger partial charge in [0, 0.05) is 47.5 Å². The van der Waals surface area contributed by atoms with Crippen LogP contribution in [0.3, 0.4) is 0 Å². The fraction of sp³-hybridized carbons (Fsp3) is 0.192. The Bertz CT molecular complexity index is 1640. The molecule has 0 amide bonds. The Balaban J connectivity index is 1.73. The predicted octanol–water partition coefficient (Wildman–Crippen LogP) is 5.04. The van der Waals surface area contributed by atoms with E-state index in [9.17, 15) is 9.59 Å². The van der Waals surface area contributed by atoms with Gasteiger partial charge in [-0.25, -0.2) is 4.79 Å². The lowest BCUT2D eigenvalue weighted by atomic mass is 10.0. The summed E-state index contributed by atoms with van der Waals surface area (Å²) in [6.45, 7) is 2.08. The highest BCUT2D eigenvalue weighted by atomic mass is 79.9. The summed E-state index contributed by atoms with van der Waals surface area (Å²) in [5.74, 6) is -0.399. The van der Waals surface area contributed by atoms with Gasteiger partial charge in [0.2, 0.25) is 0 Å². The second kappa shape index (κ2) is 8.29. The fourth-order valence-electron chi connectivity index (χ4n) is 4.49. The second-order valence-electron chi connectivity index (χ2n) is 8.22. The maximum absolute atomic E-state index is 13.2. The van der Waals surface area contributed by atoms with E-state index in [1.54, 1.807) is 31.7 Å². The molecule has 0 radical (unpaired) electrons. The SMILES string of the molecule is CCOC(=O)c1cc(-c2ccc3c(c2)c2cc(-c4ccc(Br)cc4)c(=O)n(C)c2n3C)nn1C. The summed E-state index contributed by atoms with van der Waals surface area (Å²) in [6.07, 6.45) is 0. The van der Waals surface area contributed by atoms with Crippen molar-refractivity contribution in [1.82, 2.24) is 18.9 Å². The zero-order chi connectivity index (χ0) is 24.1. The van der Waals surface area contributed by atoms with E-state index >= 15 is 0 Å². The first kappa shape index (κ1) is 22.2. The molecule has 0 aliphatic rings. The number of esters is 1. The Morgan fingerprint density at radius 2 is 1.65 bits per heavy atom. The molecule has 0 saturated heterocycles. The minimum Gasteiger partial charge on any atom is -0.461 e. The molecule has 8 heteroatoms. The van der Waals surface area contributed by atoms with Crippen LogP contribution in [0.15, 0.2) is 63.9 Å². The van der Waals surface area contributed by atoms with Gasteiger partial charge >= 0.3 is 5.97 Å². The van der Waals surface area contributed by atoms with Gasteiger partial charge in [-0.3, -0.25) is 14.0 Å². The van der Waals surface area contributed by atoms with Gasteiger partial charge in [0.15, 0.2) is 0 Å². The molecule has 3 aromatic heterocycles. The molecule has 3 heterocycles. The first-order valence-corrected chi connectivity index (χ1v) is 11.7. The van der Waals surface area contributed by atoms with E-state index < -0.39 is 5.97 Å². The number of pyridine rings is 1. The van der Waals surface area contributed by atoms with Crippen molar-refractivity contribution < 1.29 is 9.53 Å². The summed E-state index contributed by atoms with van der Waals surface area (Å²) in [5, 5.41) is 6.51. The highest BCUT2D eigenvalue weighted by Gasteiger charge is 2.19. The molecule has 34 heavy (non-hydrogen) atoms. The molecule has 0 N–H and O–H groups in total. The summed E-state index contributed by atoms with van der Waals surface area (Å²) in [6, 6.07) is 17.5. The van der Waals surface area contributed by atoms with E-state index in [1.807, 2.05) is 54.1 Å². The van der Waals surface area contributed by atoms with Crippen molar-refractivity contribution in [3.63, 3.8) is 0 Å². The quantitative estimate of drug-likeness (QED) is 0.312. The Morgan fingerprint density at radius 1 is 0.941 bits per heavy atom. The molecule has 0 aliphatic heterocycles. The maximum atomic E-state index is 13.2. The van der Waals surface area contributed by atoms with Crippen molar-refractivity contribution in [1.29, 1.82) is 0 Å². The highest BCUT2D eigenvalue weighted by Crippen LogP contribution is 2.33. The fourth-order valence-corrected chi connectivity index (χ4v) is 4.75. The zero-order valence-electron chi connectivity index (χ0n) is 19.3. The van der Waals surface area contributed by atoms with Crippen molar-refractivity contribution in [2.75, 3.05) is 6.61 Å². The Labute approximate surface area is 204 Å². The molecule has 0 bridgehead atoms. The number of carbonyl (C=O) groups excluding carboxylic acids is 1. The molecule has 5 aromatic rings. The summed E-state index contributed by atoms with van der Waals surface area (Å²) in [4.78, 5) is 25.5. The number of rotatable bonds is 4. The Hall–Kier alpha value is -3.65. The highest BCUT2D eigenvalue weighted by molar-refractivity contribution is 9.10. The smallest absolute Gasteiger partial charge is 0.356 e. The molecule has 0 atom stereocenters. The van der Waals surface area contributed by atoms with E-state index in [0.29, 0.717) is 23.6 Å². The van der Waals surface area contributed by atoms with Crippen molar-refractivity contribution in [2.24, 2.45) is 21.1 Å². The van der Waals surface area contributed by atoms with Gasteiger partial charge in [0.1, 0.15) is 11.3 Å². The molecule has 0 aliphatic carbocycles. The molecule has 2 aromatic carbocycles. The summed E-state index contributed by atoms with van der Waals surface area (Å²) in [5.41, 5.74) is 5.26. The van der Waals surface area contributed by atoms with Crippen LogP contribution in [0.2, 0.25) is 0 Å². The second-order valence-corrected chi connectivity index (χ2v) is 9.13. The standard InChI is InChI=1S/C26H23BrN4O3/c1-5-34-26(33)23-14-21(28-31(23)4)16-8-11-22-19(12-16)20-13-18(15-6-9-17(27)10-7-15)25(32)30(3)24(20)29(22)2/h6-14H,5H2,1-4H3. The van der Waals surface area contributed by atoms with Gasteiger partial charge in [-0.1, -0.05) is 34.1 Å². The number of hydrogen-bond acceptors (Lipinski definition) is 4. The Kier molecular flexibility index (Phi) is 5.40. The van der Waals surface area contributed by atoms with Crippen LogP contribution in [0, 0.1) is 0 Å². The van der Waals surface area contributed by atoms with E-state index in [4.69, 9.17) is 4.74 Å². The lowest BCUT2D eigenvalue weighted by molar-refractivity contribution is 0.0513. The molecule has 0 spiro atoms. The molecular weight excluding hydrogens is 496 g/mol. The first-order valence-electron chi connectivity index (χ1n) is 10.9. The number of ether oxygens (including phenoxy) is 1. The predicted molar refractivity (Wildman–Crippen MR) is 137 cm³/mol. The first-order chi connectivity index (χ1) is 16.3. The van der Waals surface area contributed by atoms with Crippen LogP contribution < -0.4 is 5.56 Å². The molecule has 0 saturated carbocycles. The van der Waals surface area contributed by atoms with Gasteiger partial charge < -0.3 is 9.30 Å². The normalized spacial score (nSPS) is 11.4. The van der Waals surface area contributed by atoms with Gasteiger partial charge in [-0.2, -0.15) is 5.10 Å². The lowest BCUT2D eigenvalue weighted by Gasteiger charge is -2.08. The lowest BCUT2D eigenvalue weighted by Crippen LogP contribution is -2.20. The number of fused-ring (bicyclic) bond motifs is 3. The third-order valence-electron chi connectivity index (χ3n) is 6.16. The third-order valence-corrected chi connectivity index (χ3v) is 6.69. The van der Waals surface area contributed by atoms with E-state index in [1.165, 1.54) is 4.68 Å². The van der Waals surface area contributed by atoms with Crippen LogP contribution in [0.25, 0.3) is 44.3 Å². The van der Waals surface area contributed by atoms with Crippen LogP contribution in [0.4, 0.5) is 0 Å². The van der Waals surface area contributed by atoms with E-state index in [0.717, 1.165) is 37.5 Å². The van der Waals surface area contributed by atoms with E-state index in [2.05, 4.69) is 27.1 Å². The third kappa shape index (κ3) is 3.45. The average Bonchev–Trinajstić information content (AvgIpc) is 3.34.